The summed E-state index contributed by atoms with van der Waals surface area (Å²) in [6.07, 6.45) is 3.86. The van der Waals surface area contributed by atoms with Crippen molar-refractivity contribution in [3.63, 3.8) is 0 Å². The van der Waals surface area contributed by atoms with Gasteiger partial charge in [0.1, 0.15) is 5.76 Å². The van der Waals surface area contributed by atoms with Crippen molar-refractivity contribution < 1.29 is 9.21 Å². The van der Waals surface area contributed by atoms with Crippen molar-refractivity contribution in [2.45, 2.75) is 45.2 Å². The summed E-state index contributed by atoms with van der Waals surface area (Å²) in [5, 5.41) is 9.57. The number of hydrogen-bond donors (Lipinski definition) is 3. The molecule has 1 aromatic rings. The molecular formula is C15H24N4O2. The molecule has 116 valence electrons. The lowest BCUT2D eigenvalue weighted by atomic mass is 10.1. The summed E-state index contributed by atoms with van der Waals surface area (Å²) < 4.78 is 5.30. The number of amides is 1. The second-order valence-electron chi connectivity index (χ2n) is 5.54. The standard InChI is InChI=1S/C15H24N4O2/c1-11(2)18-15(16-8-7-13-4-3-9-21-13)19-12-5-6-14(20)17-10-12/h3-4,9,11-12H,5-8,10H2,1-2H3,(H,17,20)(H2,16,18,19). The molecule has 0 saturated carbocycles. The van der Waals surface area contributed by atoms with Crippen molar-refractivity contribution in [2.24, 2.45) is 4.99 Å². The van der Waals surface area contributed by atoms with Crippen molar-refractivity contribution in [3.8, 4) is 0 Å². The van der Waals surface area contributed by atoms with E-state index in [9.17, 15) is 4.79 Å². The average molecular weight is 292 g/mol. The van der Waals surface area contributed by atoms with Crippen LogP contribution in [0.2, 0.25) is 0 Å². The van der Waals surface area contributed by atoms with Crippen molar-refractivity contribution in [2.75, 3.05) is 13.1 Å². The lowest BCUT2D eigenvalue weighted by molar-refractivity contribution is -0.122. The molecule has 1 saturated heterocycles. The highest BCUT2D eigenvalue weighted by molar-refractivity contribution is 5.81. The molecule has 1 atom stereocenters. The van der Waals surface area contributed by atoms with Crippen LogP contribution in [0.1, 0.15) is 32.4 Å². The molecule has 6 heteroatoms. The van der Waals surface area contributed by atoms with Crippen LogP contribution in [-0.2, 0) is 11.2 Å². The van der Waals surface area contributed by atoms with Gasteiger partial charge in [-0.05, 0) is 32.4 Å². The molecule has 21 heavy (non-hydrogen) atoms. The lowest BCUT2D eigenvalue weighted by Crippen LogP contribution is -2.52. The first-order valence-corrected chi connectivity index (χ1v) is 7.50. The number of guanidine groups is 1. The Balaban J connectivity index is 1.85. The van der Waals surface area contributed by atoms with Crippen LogP contribution in [0.25, 0.3) is 0 Å². The van der Waals surface area contributed by atoms with Gasteiger partial charge in [-0.1, -0.05) is 0 Å². The fourth-order valence-corrected chi connectivity index (χ4v) is 2.19. The zero-order chi connectivity index (χ0) is 15.1. The van der Waals surface area contributed by atoms with E-state index in [0.29, 0.717) is 25.6 Å². The Morgan fingerprint density at radius 3 is 3.05 bits per heavy atom. The minimum atomic E-state index is 0.126. The smallest absolute Gasteiger partial charge is 0.220 e. The van der Waals surface area contributed by atoms with E-state index < -0.39 is 0 Å². The topological polar surface area (TPSA) is 78.7 Å². The van der Waals surface area contributed by atoms with Crippen molar-refractivity contribution >= 4 is 11.9 Å². The van der Waals surface area contributed by atoms with Gasteiger partial charge in [0.05, 0.1) is 6.26 Å². The molecule has 1 aliphatic rings. The van der Waals surface area contributed by atoms with E-state index in [1.54, 1.807) is 6.26 Å². The predicted octanol–water partition coefficient (Wildman–Crippen LogP) is 1.04. The molecule has 0 radical (unpaired) electrons. The Hall–Kier alpha value is -1.98. The molecule has 1 amide bonds. The lowest BCUT2D eigenvalue weighted by Gasteiger charge is -2.26. The molecule has 0 aliphatic carbocycles. The second-order valence-corrected chi connectivity index (χ2v) is 5.54. The summed E-state index contributed by atoms with van der Waals surface area (Å²) >= 11 is 0. The van der Waals surface area contributed by atoms with Gasteiger partial charge in [0.15, 0.2) is 5.96 Å². The van der Waals surface area contributed by atoms with E-state index in [1.807, 2.05) is 12.1 Å². The van der Waals surface area contributed by atoms with Crippen LogP contribution in [0.4, 0.5) is 0 Å². The minimum absolute atomic E-state index is 0.126. The Morgan fingerprint density at radius 2 is 2.43 bits per heavy atom. The van der Waals surface area contributed by atoms with Gasteiger partial charge in [-0.2, -0.15) is 0 Å². The maximum absolute atomic E-state index is 11.2. The summed E-state index contributed by atoms with van der Waals surface area (Å²) in [7, 11) is 0. The zero-order valence-corrected chi connectivity index (χ0v) is 12.7. The third-order valence-corrected chi connectivity index (χ3v) is 3.24. The van der Waals surface area contributed by atoms with Gasteiger partial charge in [0, 0.05) is 38.0 Å². The number of nitrogens with one attached hydrogen (secondary N) is 3. The van der Waals surface area contributed by atoms with Gasteiger partial charge in [0.25, 0.3) is 0 Å². The van der Waals surface area contributed by atoms with E-state index >= 15 is 0 Å². The number of piperidine rings is 1. The second kappa shape index (κ2) is 7.71. The summed E-state index contributed by atoms with van der Waals surface area (Å²) in [4.78, 5) is 15.8. The van der Waals surface area contributed by atoms with E-state index in [4.69, 9.17) is 4.42 Å². The normalized spacial score (nSPS) is 19.5. The molecule has 0 bridgehead atoms. The molecule has 6 nitrogen and oxygen atoms in total. The van der Waals surface area contributed by atoms with Crippen LogP contribution in [-0.4, -0.2) is 37.0 Å². The van der Waals surface area contributed by atoms with E-state index in [-0.39, 0.29) is 11.9 Å². The molecule has 1 aliphatic heterocycles. The van der Waals surface area contributed by atoms with Gasteiger partial charge in [-0.3, -0.25) is 9.79 Å². The van der Waals surface area contributed by atoms with E-state index in [2.05, 4.69) is 34.8 Å². The summed E-state index contributed by atoms with van der Waals surface area (Å²) in [6.45, 7) is 5.46. The third-order valence-electron chi connectivity index (χ3n) is 3.24. The minimum Gasteiger partial charge on any atom is -0.469 e. The first-order valence-electron chi connectivity index (χ1n) is 7.50. The highest BCUT2D eigenvalue weighted by atomic mass is 16.3. The largest absolute Gasteiger partial charge is 0.469 e. The molecule has 0 aromatic carbocycles. The van der Waals surface area contributed by atoms with Gasteiger partial charge in [-0.15, -0.1) is 0 Å². The number of nitrogens with zero attached hydrogens (tertiary/aromatic N) is 1. The first-order chi connectivity index (χ1) is 10.1. The molecule has 0 spiro atoms. The summed E-state index contributed by atoms with van der Waals surface area (Å²) in [5.74, 6) is 1.85. The Labute approximate surface area is 125 Å². The molecule has 2 rings (SSSR count). The van der Waals surface area contributed by atoms with Crippen molar-refractivity contribution in [3.05, 3.63) is 24.2 Å². The zero-order valence-electron chi connectivity index (χ0n) is 12.7. The van der Waals surface area contributed by atoms with Crippen LogP contribution in [0, 0.1) is 0 Å². The summed E-state index contributed by atoms with van der Waals surface area (Å²) in [5.41, 5.74) is 0. The predicted molar refractivity (Wildman–Crippen MR) is 82.2 cm³/mol. The first kappa shape index (κ1) is 15.4. The maximum atomic E-state index is 11.2. The molecule has 1 unspecified atom stereocenters. The van der Waals surface area contributed by atoms with Gasteiger partial charge < -0.3 is 20.4 Å². The quantitative estimate of drug-likeness (QED) is 0.560. The van der Waals surface area contributed by atoms with Crippen molar-refractivity contribution in [1.29, 1.82) is 0 Å². The average Bonchev–Trinajstić information content (AvgIpc) is 2.94. The van der Waals surface area contributed by atoms with Crippen molar-refractivity contribution in [1.82, 2.24) is 16.0 Å². The van der Waals surface area contributed by atoms with Crippen LogP contribution < -0.4 is 16.0 Å². The van der Waals surface area contributed by atoms with Gasteiger partial charge in [-0.25, -0.2) is 0 Å². The maximum Gasteiger partial charge on any atom is 0.220 e. The molecule has 1 fully saturated rings. The Kier molecular flexibility index (Phi) is 5.66. The molecule has 1 aromatic heterocycles. The van der Waals surface area contributed by atoms with Gasteiger partial charge in [0.2, 0.25) is 5.91 Å². The Bertz CT molecular complexity index is 458. The highest BCUT2D eigenvalue weighted by Crippen LogP contribution is 2.03. The van der Waals surface area contributed by atoms with Crippen LogP contribution in [0.5, 0.6) is 0 Å². The number of hydrogen-bond acceptors (Lipinski definition) is 3. The van der Waals surface area contributed by atoms with E-state index in [1.165, 1.54) is 0 Å². The summed E-state index contributed by atoms with van der Waals surface area (Å²) in [6, 6.07) is 4.37. The number of carbonyl (C=O) groups is 1. The fourth-order valence-electron chi connectivity index (χ4n) is 2.19. The molecular weight excluding hydrogens is 268 g/mol. The van der Waals surface area contributed by atoms with Crippen LogP contribution in [0.15, 0.2) is 27.8 Å². The molecule has 2 heterocycles. The number of aliphatic imine (C=N–C) groups is 1. The monoisotopic (exact) mass is 292 g/mol. The Morgan fingerprint density at radius 1 is 1.57 bits per heavy atom. The number of rotatable bonds is 5. The van der Waals surface area contributed by atoms with Crippen LogP contribution >= 0.6 is 0 Å². The fraction of sp³-hybridized carbons (Fsp3) is 0.600. The SMILES string of the molecule is CC(C)NC(=NCCc1ccco1)NC1CCC(=O)NC1. The number of carbonyl (C=O) groups excluding carboxylic acids is 1. The highest BCUT2D eigenvalue weighted by Gasteiger charge is 2.18. The third kappa shape index (κ3) is 5.49. The van der Waals surface area contributed by atoms with Gasteiger partial charge >= 0.3 is 0 Å². The van der Waals surface area contributed by atoms with E-state index in [0.717, 1.165) is 24.6 Å². The van der Waals surface area contributed by atoms with Crippen LogP contribution in [0.3, 0.4) is 0 Å². The number of furan rings is 1. The molecule has 3 N–H and O–H groups in total.